The quantitative estimate of drug-likeness (QED) is 0.0808. The van der Waals surface area contributed by atoms with E-state index in [2.05, 4.69) is 24.2 Å². The molecule has 0 amide bonds. The van der Waals surface area contributed by atoms with Crippen molar-refractivity contribution in [1.82, 2.24) is 0 Å². The minimum absolute atomic E-state index is 0.677. The highest BCUT2D eigenvalue weighted by atomic mass is 16.5. The normalized spacial score (nSPS) is 12.1. The predicted molar refractivity (Wildman–Crippen MR) is 152 cm³/mol. The van der Waals surface area contributed by atoms with Crippen molar-refractivity contribution < 1.29 is 19.9 Å². The maximum Gasteiger partial charge on any atom is 0.119 e. The Labute approximate surface area is 223 Å². The molecule has 0 saturated heterocycles. The molecule has 37 heavy (non-hydrogen) atoms. The van der Waals surface area contributed by atoms with Crippen LogP contribution in [0.15, 0.2) is 58.8 Å². The number of benzene rings is 2. The third-order valence-corrected chi connectivity index (χ3v) is 6.48. The summed E-state index contributed by atoms with van der Waals surface area (Å²) in [4.78, 5) is 0. The maximum atomic E-state index is 9.51. The van der Waals surface area contributed by atoms with E-state index in [0.717, 1.165) is 67.9 Å². The van der Waals surface area contributed by atoms with Crippen LogP contribution < -0.4 is 9.47 Å². The molecule has 0 fully saturated rings. The van der Waals surface area contributed by atoms with Crippen LogP contribution in [0.2, 0.25) is 0 Å². The number of ether oxygens (including phenoxy) is 2. The summed E-state index contributed by atoms with van der Waals surface area (Å²) in [6.45, 7) is 5.87. The molecule has 2 aromatic rings. The molecular weight excluding hydrogens is 464 g/mol. The van der Waals surface area contributed by atoms with Crippen LogP contribution in [-0.2, 0) is 0 Å². The summed E-state index contributed by atoms with van der Waals surface area (Å²) in [5.41, 5.74) is 3.17. The average Bonchev–Trinajstić information content (AvgIpc) is 2.93. The van der Waals surface area contributed by atoms with Crippen molar-refractivity contribution in [1.29, 1.82) is 0 Å². The van der Waals surface area contributed by atoms with Gasteiger partial charge in [0.05, 0.1) is 24.6 Å². The van der Waals surface area contributed by atoms with Crippen LogP contribution in [0.3, 0.4) is 0 Å². The monoisotopic (exact) mass is 510 g/mol. The van der Waals surface area contributed by atoms with Gasteiger partial charge in [-0.05, 0) is 98.2 Å². The molecular formula is C31H46N2O4. The Balaban J connectivity index is 1.69. The van der Waals surface area contributed by atoms with Crippen molar-refractivity contribution >= 4 is 11.4 Å². The van der Waals surface area contributed by atoms with Crippen molar-refractivity contribution in [2.75, 3.05) is 13.2 Å². The number of unbranched alkanes of at least 4 members (excludes halogenated alkanes) is 8. The second kappa shape index (κ2) is 19.1. The van der Waals surface area contributed by atoms with Crippen LogP contribution in [0.4, 0.5) is 0 Å². The SMILES string of the molecule is CCCCCCOc1ccc(C(CCCCCC(=NO)c2ccc(OCCCCCC)cc2)=NO)cc1. The number of oxime groups is 2. The highest BCUT2D eigenvalue weighted by molar-refractivity contribution is 6.00. The van der Waals surface area contributed by atoms with Gasteiger partial charge in [-0.25, -0.2) is 0 Å². The fourth-order valence-corrected chi connectivity index (χ4v) is 4.19. The molecule has 2 aromatic carbocycles. The molecule has 0 aromatic heterocycles. The van der Waals surface area contributed by atoms with Gasteiger partial charge in [-0.2, -0.15) is 0 Å². The molecule has 204 valence electrons. The summed E-state index contributed by atoms with van der Waals surface area (Å²) in [6, 6.07) is 15.6. The standard InChI is InChI=1S/C31H46N2O4/c1-3-5-7-12-24-36-28-20-16-26(17-21-28)30(32-34)14-10-9-11-15-31(33-35)27-18-22-29(23-19-27)37-25-13-8-6-4-2/h16-23,34-35H,3-15,24-25H2,1-2H3. The first-order valence-electron chi connectivity index (χ1n) is 14.1. The third kappa shape index (κ3) is 12.2. The molecule has 0 bridgehead atoms. The van der Waals surface area contributed by atoms with E-state index in [1.807, 2.05) is 48.5 Å². The molecule has 6 nitrogen and oxygen atoms in total. The first-order valence-corrected chi connectivity index (χ1v) is 14.1. The largest absolute Gasteiger partial charge is 0.494 e. The van der Waals surface area contributed by atoms with Gasteiger partial charge >= 0.3 is 0 Å². The molecule has 0 aliphatic carbocycles. The lowest BCUT2D eigenvalue weighted by Gasteiger charge is -2.09. The van der Waals surface area contributed by atoms with Crippen LogP contribution in [0, 0.1) is 0 Å². The molecule has 0 saturated carbocycles. The molecule has 0 aliphatic rings. The average molecular weight is 511 g/mol. The summed E-state index contributed by atoms with van der Waals surface area (Å²) in [6.07, 6.45) is 13.5. The number of hydrogen-bond donors (Lipinski definition) is 2. The zero-order valence-corrected chi connectivity index (χ0v) is 22.8. The van der Waals surface area contributed by atoms with Crippen molar-refractivity contribution in [2.24, 2.45) is 10.3 Å². The Kier molecular flexibility index (Phi) is 15.6. The minimum atomic E-state index is 0.677. The van der Waals surface area contributed by atoms with E-state index in [1.54, 1.807) is 0 Å². The van der Waals surface area contributed by atoms with Gasteiger partial charge in [0.2, 0.25) is 0 Å². The molecule has 2 N–H and O–H groups in total. The van der Waals surface area contributed by atoms with Gasteiger partial charge < -0.3 is 19.9 Å². The second-order valence-corrected chi connectivity index (χ2v) is 9.52. The molecule has 0 atom stereocenters. The zero-order valence-electron chi connectivity index (χ0n) is 22.8. The first kappa shape index (κ1) is 30.2. The number of rotatable bonds is 20. The maximum absolute atomic E-state index is 9.51. The lowest BCUT2D eigenvalue weighted by Crippen LogP contribution is -2.04. The van der Waals surface area contributed by atoms with Crippen LogP contribution >= 0.6 is 0 Å². The van der Waals surface area contributed by atoms with Gasteiger partial charge in [0.1, 0.15) is 11.5 Å². The van der Waals surface area contributed by atoms with E-state index < -0.39 is 0 Å². The van der Waals surface area contributed by atoms with E-state index in [4.69, 9.17) is 9.47 Å². The fourth-order valence-electron chi connectivity index (χ4n) is 4.19. The number of hydrogen-bond acceptors (Lipinski definition) is 6. The molecule has 0 spiro atoms. The fraction of sp³-hybridized carbons (Fsp3) is 0.548. The van der Waals surface area contributed by atoms with Crippen molar-refractivity contribution in [3.8, 4) is 11.5 Å². The summed E-state index contributed by atoms with van der Waals surface area (Å²) >= 11 is 0. The van der Waals surface area contributed by atoms with Crippen LogP contribution in [0.5, 0.6) is 11.5 Å². The Morgan fingerprint density at radius 3 is 1.27 bits per heavy atom. The van der Waals surface area contributed by atoms with Crippen LogP contribution in [0.1, 0.15) is 108 Å². The molecule has 0 heterocycles. The predicted octanol–water partition coefficient (Wildman–Crippen LogP) is 8.61. The summed E-state index contributed by atoms with van der Waals surface area (Å²) < 4.78 is 11.6. The lowest BCUT2D eigenvalue weighted by atomic mass is 10.0. The Morgan fingerprint density at radius 2 is 0.919 bits per heavy atom. The van der Waals surface area contributed by atoms with Gasteiger partial charge in [0.15, 0.2) is 0 Å². The minimum Gasteiger partial charge on any atom is -0.494 e. The summed E-state index contributed by atoms with van der Waals surface area (Å²) in [5, 5.41) is 26.1. The molecule has 6 heteroatoms. The van der Waals surface area contributed by atoms with Crippen molar-refractivity contribution in [3.05, 3.63) is 59.7 Å². The topological polar surface area (TPSA) is 83.6 Å². The lowest BCUT2D eigenvalue weighted by molar-refractivity contribution is 0.305. The number of nitrogens with zero attached hydrogens (tertiary/aromatic N) is 2. The van der Waals surface area contributed by atoms with Gasteiger partial charge in [-0.15, -0.1) is 0 Å². The van der Waals surface area contributed by atoms with Gasteiger partial charge in [0, 0.05) is 0 Å². The second-order valence-electron chi connectivity index (χ2n) is 9.52. The van der Waals surface area contributed by atoms with Crippen molar-refractivity contribution in [2.45, 2.75) is 97.3 Å². The smallest absolute Gasteiger partial charge is 0.119 e. The molecule has 0 unspecified atom stereocenters. The molecule has 0 radical (unpaired) electrons. The summed E-state index contributed by atoms with van der Waals surface area (Å²) in [5.74, 6) is 1.69. The van der Waals surface area contributed by atoms with E-state index in [9.17, 15) is 10.4 Å². The van der Waals surface area contributed by atoms with E-state index in [-0.39, 0.29) is 0 Å². The third-order valence-electron chi connectivity index (χ3n) is 6.48. The van der Waals surface area contributed by atoms with Gasteiger partial charge in [0.25, 0.3) is 0 Å². The highest BCUT2D eigenvalue weighted by Gasteiger charge is 2.08. The van der Waals surface area contributed by atoms with Crippen LogP contribution in [-0.4, -0.2) is 35.1 Å². The van der Waals surface area contributed by atoms with Crippen molar-refractivity contribution in [3.63, 3.8) is 0 Å². The van der Waals surface area contributed by atoms with Gasteiger partial charge in [-0.3, -0.25) is 0 Å². The van der Waals surface area contributed by atoms with Crippen LogP contribution in [0.25, 0.3) is 0 Å². The first-order chi connectivity index (χ1) is 18.2. The van der Waals surface area contributed by atoms with E-state index in [1.165, 1.54) is 38.5 Å². The van der Waals surface area contributed by atoms with Gasteiger partial charge in [-0.1, -0.05) is 69.1 Å². The Hall–Kier alpha value is -3.02. The zero-order chi connectivity index (χ0) is 26.6. The highest BCUT2D eigenvalue weighted by Crippen LogP contribution is 2.18. The molecule has 2 rings (SSSR count). The Morgan fingerprint density at radius 1 is 0.541 bits per heavy atom. The van der Waals surface area contributed by atoms with E-state index in [0.29, 0.717) is 24.3 Å². The molecule has 0 aliphatic heterocycles. The van der Waals surface area contributed by atoms with E-state index >= 15 is 0 Å². The Bertz CT molecular complexity index is 832. The summed E-state index contributed by atoms with van der Waals surface area (Å²) in [7, 11) is 0.